The Morgan fingerprint density at radius 3 is 1.33 bits per heavy atom. The van der Waals surface area contributed by atoms with Crippen LogP contribution in [0.4, 0.5) is 13.2 Å². The van der Waals surface area contributed by atoms with E-state index >= 15 is 0 Å². The summed E-state index contributed by atoms with van der Waals surface area (Å²) >= 11 is 0. The molecular formula is C24H15F3. The van der Waals surface area contributed by atoms with Crippen LogP contribution >= 0.6 is 0 Å². The molecule has 0 spiro atoms. The van der Waals surface area contributed by atoms with Crippen molar-refractivity contribution >= 4 is 0 Å². The topological polar surface area (TPSA) is 0 Å². The molecule has 0 fully saturated rings. The van der Waals surface area contributed by atoms with Crippen LogP contribution in [-0.4, -0.2) is 0 Å². The molecule has 0 aliphatic carbocycles. The normalized spacial score (nSPS) is 10.8. The molecule has 0 saturated heterocycles. The van der Waals surface area contributed by atoms with Gasteiger partial charge in [-0.3, -0.25) is 0 Å². The highest BCUT2D eigenvalue weighted by Crippen LogP contribution is 2.38. The Labute approximate surface area is 155 Å². The molecule has 3 heteroatoms. The zero-order valence-electron chi connectivity index (χ0n) is 14.3. The molecular weight excluding hydrogens is 345 g/mol. The van der Waals surface area contributed by atoms with E-state index < -0.39 is 11.6 Å². The Balaban J connectivity index is 2.00. The van der Waals surface area contributed by atoms with E-state index in [1.54, 1.807) is 72.8 Å². The number of rotatable bonds is 3. The van der Waals surface area contributed by atoms with Crippen molar-refractivity contribution in [3.8, 4) is 33.4 Å². The van der Waals surface area contributed by atoms with Gasteiger partial charge in [0.15, 0.2) is 0 Å². The van der Waals surface area contributed by atoms with Crippen LogP contribution < -0.4 is 0 Å². The van der Waals surface area contributed by atoms with E-state index in [0.717, 1.165) is 0 Å². The molecule has 0 aliphatic heterocycles. The highest BCUT2D eigenvalue weighted by molar-refractivity contribution is 5.87. The number of hydrogen-bond donors (Lipinski definition) is 0. The third kappa shape index (κ3) is 3.24. The molecule has 0 saturated carbocycles. The predicted octanol–water partition coefficient (Wildman–Crippen LogP) is 7.10. The van der Waals surface area contributed by atoms with Gasteiger partial charge in [-0.1, -0.05) is 66.7 Å². The van der Waals surface area contributed by atoms with Gasteiger partial charge < -0.3 is 0 Å². The number of halogens is 3. The van der Waals surface area contributed by atoms with Crippen molar-refractivity contribution in [1.82, 2.24) is 0 Å². The maximum absolute atomic E-state index is 14.5. The van der Waals surface area contributed by atoms with Crippen LogP contribution in [0.15, 0.2) is 91.0 Å². The molecule has 0 amide bonds. The van der Waals surface area contributed by atoms with E-state index in [1.807, 2.05) is 0 Å². The molecule has 0 heterocycles. The highest BCUT2D eigenvalue weighted by atomic mass is 19.1. The van der Waals surface area contributed by atoms with E-state index in [0.29, 0.717) is 33.4 Å². The van der Waals surface area contributed by atoms with E-state index in [-0.39, 0.29) is 5.82 Å². The first kappa shape index (κ1) is 17.1. The van der Waals surface area contributed by atoms with E-state index in [9.17, 15) is 13.2 Å². The Morgan fingerprint density at radius 2 is 0.815 bits per heavy atom. The zero-order valence-corrected chi connectivity index (χ0v) is 14.3. The van der Waals surface area contributed by atoms with Crippen LogP contribution in [0.3, 0.4) is 0 Å². The van der Waals surface area contributed by atoms with Crippen LogP contribution in [0.5, 0.6) is 0 Å². The minimum absolute atomic E-state index is 0.342. The summed E-state index contributed by atoms with van der Waals surface area (Å²) in [5.41, 5.74) is 2.80. The molecule has 0 radical (unpaired) electrons. The van der Waals surface area contributed by atoms with Gasteiger partial charge in [-0.2, -0.15) is 0 Å². The smallest absolute Gasteiger partial charge is 0.131 e. The third-order valence-corrected chi connectivity index (χ3v) is 4.53. The van der Waals surface area contributed by atoms with E-state index in [2.05, 4.69) is 0 Å². The third-order valence-electron chi connectivity index (χ3n) is 4.53. The number of benzene rings is 4. The molecule has 0 bridgehead atoms. The van der Waals surface area contributed by atoms with Gasteiger partial charge in [0, 0.05) is 16.7 Å². The van der Waals surface area contributed by atoms with E-state index in [4.69, 9.17) is 0 Å². The van der Waals surface area contributed by atoms with Crippen molar-refractivity contribution in [2.45, 2.75) is 0 Å². The molecule has 4 aromatic rings. The second-order valence-electron chi connectivity index (χ2n) is 6.20. The average Bonchev–Trinajstić information content (AvgIpc) is 2.69. The zero-order chi connectivity index (χ0) is 18.8. The molecule has 0 unspecified atom stereocenters. The molecule has 0 aliphatic rings. The van der Waals surface area contributed by atoms with Crippen LogP contribution in [0, 0.1) is 17.5 Å². The summed E-state index contributed by atoms with van der Waals surface area (Å²) in [7, 11) is 0. The van der Waals surface area contributed by atoms with Crippen molar-refractivity contribution in [3.63, 3.8) is 0 Å². The van der Waals surface area contributed by atoms with Gasteiger partial charge in [-0.05, 0) is 41.0 Å². The predicted molar refractivity (Wildman–Crippen MR) is 103 cm³/mol. The first-order valence-electron chi connectivity index (χ1n) is 8.54. The quantitative estimate of drug-likeness (QED) is 0.365. The average molecular weight is 360 g/mol. The molecule has 0 aromatic heterocycles. The minimum atomic E-state index is -0.416. The molecule has 4 rings (SSSR count). The van der Waals surface area contributed by atoms with Gasteiger partial charge >= 0.3 is 0 Å². The lowest BCUT2D eigenvalue weighted by atomic mass is 9.90. The summed E-state index contributed by atoms with van der Waals surface area (Å²) in [6, 6.07) is 24.2. The maximum Gasteiger partial charge on any atom is 0.131 e. The lowest BCUT2D eigenvalue weighted by Crippen LogP contribution is -1.93. The first-order chi connectivity index (χ1) is 13.1. The summed E-state index contributed by atoms with van der Waals surface area (Å²) in [6.45, 7) is 0. The van der Waals surface area contributed by atoms with Gasteiger partial charge in [-0.15, -0.1) is 0 Å². The van der Waals surface area contributed by atoms with Crippen LogP contribution in [-0.2, 0) is 0 Å². The van der Waals surface area contributed by atoms with Crippen LogP contribution in [0.1, 0.15) is 0 Å². The fourth-order valence-electron chi connectivity index (χ4n) is 3.22. The molecule has 4 aromatic carbocycles. The standard InChI is InChI=1S/C24H15F3/c25-22-10-4-1-7-17(22)16-13-14-18(19-8-2-5-11-23(19)26)21(15-16)20-9-3-6-12-24(20)27/h1-15H. The summed E-state index contributed by atoms with van der Waals surface area (Å²) in [4.78, 5) is 0. The van der Waals surface area contributed by atoms with Crippen molar-refractivity contribution in [3.05, 3.63) is 108 Å². The monoisotopic (exact) mass is 360 g/mol. The lowest BCUT2D eigenvalue weighted by Gasteiger charge is -2.14. The lowest BCUT2D eigenvalue weighted by molar-refractivity contribution is 0.629. The molecule has 0 N–H and O–H groups in total. The molecule has 132 valence electrons. The number of hydrogen-bond acceptors (Lipinski definition) is 0. The van der Waals surface area contributed by atoms with Gasteiger partial charge in [0.2, 0.25) is 0 Å². The SMILES string of the molecule is Fc1ccccc1-c1ccc(-c2ccccc2F)c(-c2ccccc2F)c1. The summed E-state index contributed by atoms with van der Waals surface area (Å²) in [5.74, 6) is -1.18. The summed E-state index contributed by atoms with van der Waals surface area (Å²) in [5, 5.41) is 0. The van der Waals surface area contributed by atoms with Crippen molar-refractivity contribution in [2.75, 3.05) is 0 Å². The fraction of sp³-hybridized carbons (Fsp3) is 0. The van der Waals surface area contributed by atoms with Crippen LogP contribution in [0.2, 0.25) is 0 Å². The Bertz CT molecular complexity index is 1120. The summed E-state index contributed by atoms with van der Waals surface area (Å²) < 4.78 is 43.2. The van der Waals surface area contributed by atoms with Gasteiger partial charge in [-0.25, -0.2) is 13.2 Å². The largest absolute Gasteiger partial charge is 0.206 e. The maximum atomic E-state index is 14.5. The van der Waals surface area contributed by atoms with Gasteiger partial charge in [0.25, 0.3) is 0 Å². The Kier molecular flexibility index (Phi) is 4.51. The van der Waals surface area contributed by atoms with Crippen LogP contribution in [0.25, 0.3) is 33.4 Å². The van der Waals surface area contributed by atoms with Crippen molar-refractivity contribution in [1.29, 1.82) is 0 Å². The summed E-state index contributed by atoms with van der Waals surface area (Å²) in [6.07, 6.45) is 0. The molecule has 0 nitrogen and oxygen atoms in total. The van der Waals surface area contributed by atoms with Crippen molar-refractivity contribution in [2.24, 2.45) is 0 Å². The van der Waals surface area contributed by atoms with Gasteiger partial charge in [0.05, 0.1) is 0 Å². The Morgan fingerprint density at radius 1 is 0.370 bits per heavy atom. The fourth-order valence-corrected chi connectivity index (χ4v) is 3.22. The Hall–Kier alpha value is -3.33. The first-order valence-corrected chi connectivity index (χ1v) is 8.54. The minimum Gasteiger partial charge on any atom is -0.206 e. The molecule has 27 heavy (non-hydrogen) atoms. The molecule has 0 atom stereocenters. The van der Waals surface area contributed by atoms with Crippen molar-refractivity contribution < 1.29 is 13.2 Å². The highest BCUT2D eigenvalue weighted by Gasteiger charge is 2.16. The van der Waals surface area contributed by atoms with E-state index in [1.165, 1.54) is 18.2 Å². The van der Waals surface area contributed by atoms with Gasteiger partial charge in [0.1, 0.15) is 17.5 Å². The second-order valence-corrected chi connectivity index (χ2v) is 6.20. The second kappa shape index (κ2) is 7.12.